The van der Waals surface area contributed by atoms with Gasteiger partial charge in [0.25, 0.3) is 10.1 Å². The van der Waals surface area contributed by atoms with Crippen molar-refractivity contribution in [2.24, 2.45) is 0 Å². The minimum Gasteiger partial charge on any atom is -0.428 e. The second-order valence-electron chi connectivity index (χ2n) is 14.1. The van der Waals surface area contributed by atoms with Crippen LogP contribution >= 0.6 is 10.3 Å². The largest absolute Gasteiger partial charge is 0.514 e. The van der Waals surface area contributed by atoms with Crippen molar-refractivity contribution in [2.45, 2.75) is 100.0 Å². The first kappa shape index (κ1) is 41.9. The number of halogens is 3. The summed E-state index contributed by atoms with van der Waals surface area (Å²) in [5, 5.41) is 0. The average molecular weight is 775 g/mol. The summed E-state index contributed by atoms with van der Waals surface area (Å²) in [4.78, 5) is 37.0. The molecular formula is C35H41F3O12S2. The van der Waals surface area contributed by atoms with Crippen molar-refractivity contribution in [1.29, 1.82) is 0 Å². The van der Waals surface area contributed by atoms with Gasteiger partial charge in [-0.2, -0.15) is 21.6 Å². The van der Waals surface area contributed by atoms with E-state index in [1.807, 2.05) is 0 Å². The van der Waals surface area contributed by atoms with Crippen LogP contribution in [-0.4, -0.2) is 55.6 Å². The van der Waals surface area contributed by atoms with Crippen molar-refractivity contribution in [3.8, 4) is 17.2 Å². The molecule has 52 heavy (non-hydrogen) atoms. The second-order valence-corrected chi connectivity index (χ2v) is 18.5. The smallest absolute Gasteiger partial charge is 0.428 e. The molecule has 0 aromatic heterocycles. The minimum atomic E-state index is -5.39. The molecule has 3 rings (SSSR count). The van der Waals surface area contributed by atoms with Gasteiger partial charge in [0.15, 0.2) is 5.75 Å². The lowest BCUT2D eigenvalue weighted by Gasteiger charge is -2.39. The van der Waals surface area contributed by atoms with Gasteiger partial charge in [-0.25, -0.2) is 18.0 Å². The van der Waals surface area contributed by atoms with E-state index in [9.17, 15) is 36.0 Å². The number of alkyl halides is 3. The molecule has 0 N–H and O–H groups in total. The van der Waals surface area contributed by atoms with E-state index in [1.165, 1.54) is 72.8 Å². The predicted octanol–water partition coefficient (Wildman–Crippen LogP) is 9.73. The van der Waals surface area contributed by atoms with Gasteiger partial charge in [0.2, 0.25) is 0 Å². The average Bonchev–Trinajstić information content (AvgIpc) is 2.93. The van der Waals surface area contributed by atoms with Crippen LogP contribution in [0.5, 0.6) is 17.2 Å². The fourth-order valence-corrected chi connectivity index (χ4v) is 9.26. The van der Waals surface area contributed by atoms with Crippen molar-refractivity contribution in [2.75, 3.05) is 5.75 Å². The quantitative estimate of drug-likeness (QED) is 0.116. The van der Waals surface area contributed by atoms with Gasteiger partial charge in [-0.3, -0.25) is 0 Å². The zero-order valence-electron chi connectivity index (χ0n) is 30.0. The zero-order valence-corrected chi connectivity index (χ0v) is 31.6. The lowest BCUT2D eigenvalue weighted by atomic mass is 10.2. The highest BCUT2D eigenvalue weighted by molar-refractivity contribution is 8.33. The molecule has 0 spiro atoms. The van der Waals surface area contributed by atoms with Crippen molar-refractivity contribution in [3.05, 3.63) is 72.8 Å². The third kappa shape index (κ3) is 13.2. The molecule has 286 valence electrons. The lowest BCUT2D eigenvalue weighted by molar-refractivity contribution is -0.107. The summed E-state index contributed by atoms with van der Waals surface area (Å²) < 4.78 is 104. The van der Waals surface area contributed by atoms with Crippen molar-refractivity contribution in [1.82, 2.24) is 0 Å². The van der Waals surface area contributed by atoms with E-state index in [0.717, 1.165) is 0 Å². The number of rotatable bonds is 9. The SMILES string of the molecule is CC(C)(C)OC(=O)Oc1ccc(S(OS(=O)(=O)CC(F)(F)F)(c2ccc(OC(=O)OC(C)(C)C)cc2)c2ccc(OC(=O)OC(C)(C)C)cc2)cc1. The molecule has 0 fully saturated rings. The van der Waals surface area contributed by atoms with Crippen LogP contribution in [0, 0.1) is 0 Å². The van der Waals surface area contributed by atoms with Gasteiger partial charge in [0.1, 0.15) is 34.1 Å². The topological polar surface area (TPSA) is 150 Å². The van der Waals surface area contributed by atoms with Crippen molar-refractivity contribution in [3.63, 3.8) is 0 Å². The first-order chi connectivity index (χ1) is 23.6. The first-order valence-electron chi connectivity index (χ1n) is 15.5. The fraction of sp³-hybridized carbons (Fsp3) is 0.400. The maximum Gasteiger partial charge on any atom is 0.514 e. The normalized spacial score (nSPS) is 13.1. The van der Waals surface area contributed by atoms with Gasteiger partial charge < -0.3 is 28.4 Å². The van der Waals surface area contributed by atoms with E-state index in [4.69, 9.17) is 32.1 Å². The van der Waals surface area contributed by atoms with E-state index < -0.39 is 67.6 Å². The molecule has 0 unspecified atom stereocenters. The zero-order chi connectivity index (χ0) is 39.3. The van der Waals surface area contributed by atoms with Crippen LogP contribution in [0.15, 0.2) is 87.5 Å². The van der Waals surface area contributed by atoms with Gasteiger partial charge in [0, 0.05) is 14.7 Å². The monoisotopic (exact) mass is 774 g/mol. The number of carbonyl (C=O) groups is 3. The van der Waals surface area contributed by atoms with Crippen LogP contribution < -0.4 is 14.2 Å². The summed E-state index contributed by atoms with van der Waals surface area (Å²) >= 11 is 0. The molecular weight excluding hydrogens is 734 g/mol. The molecule has 0 aliphatic carbocycles. The molecule has 17 heteroatoms. The van der Waals surface area contributed by atoms with Gasteiger partial charge in [-0.1, -0.05) is 0 Å². The summed E-state index contributed by atoms with van der Waals surface area (Å²) in [5.41, 5.74) is -2.64. The predicted molar refractivity (Wildman–Crippen MR) is 183 cm³/mol. The molecule has 0 saturated heterocycles. The maximum absolute atomic E-state index is 13.6. The standard InChI is InChI=1S/C35H41F3O12S2/c1-32(2,3)47-29(39)44-23-10-16-26(17-11-23)52(50-51(42,43)22-35(36,37)38,27-18-12-24(13-19-27)45-30(40)48-33(4,5)6)28-20-14-25(15-21-28)46-31(41)49-34(7,8)9/h10-21H,22H2,1-9H3. The Hall–Kier alpha value is -4.48. The molecule has 3 aromatic carbocycles. The minimum absolute atomic E-state index is 0.0355. The molecule has 3 aromatic rings. The van der Waals surface area contributed by atoms with Crippen LogP contribution in [0.4, 0.5) is 27.6 Å². The van der Waals surface area contributed by atoms with Crippen LogP contribution in [0.2, 0.25) is 0 Å². The number of ether oxygens (including phenoxy) is 6. The number of carbonyl (C=O) groups excluding carboxylic acids is 3. The maximum atomic E-state index is 13.6. The van der Waals surface area contributed by atoms with Gasteiger partial charge >= 0.3 is 24.6 Å². The highest BCUT2D eigenvalue weighted by Gasteiger charge is 2.43. The molecule has 0 aliphatic rings. The molecule has 0 atom stereocenters. The van der Waals surface area contributed by atoms with Crippen molar-refractivity contribution >= 4 is 38.9 Å². The van der Waals surface area contributed by atoms with Gasteiger partial charge in [0.05, 0.1) is 0 Å². The summed E-state index contributed by atoms with van der Waals surface area (Å²) in [6.45, 7) is 14.6. The molecule has 12 nitrogen and oxygen atoms in total. The van der Waals surface area contributed by atoms with E-state index in [2.05, 4.69) is 0 Å². The Morgan fingerprint density at radius 2 is 0.750 bits per heavy atom. The van der Waals surface area contributed by atoms with Crippen LogP contribution in [0.25, 0.3) is 0 Å². The highest BCUT2D eigenvalue weighted by atomic mass is 32.3. The van der Waals surface area contributed by atoms with E-state index in [1.54, 1.807) is 62.3 Å². The highest BCUT2D eigenvalue weighted by Crippen LogP contribution is 2.70. The first-order valence-corrected chi connectivity index (χ1v) is 18.6. The van der Waals surface area contributed by atoms with E-state index in [0.29, 0.717) is 0 Å². The Morgan fingerprint density at radius 1 is 0.500 bits per heavy atom. The van der Waals surface area contributed by atoms with Gasteiger partial charge in [-0.05, 0) is 145 Å². The molecule has 0 aliphatic heterocycles. The van der Waals surface area contributed by atoms with Crippen LogP contribution in [-0.2, 0) is 28.0 Å². The molecule has 0 saturated carbocycles. The van der Waals surface area contributed by atoms with E-state index in [-0.39, 0.29) is 31.9 Å². The number of hydrogen-bond acceptors (Lipinski definition) is 12. The van der Waals surface area contributed by atoms with Crippen LogP contribution in [0.1, 0.15) is 62.3 Å². The third-order valence-corrected chi connectivity index (χ3v) is 10.9. The third-order valence-electron chi connectivity index (χ3n) is 5.79. The lowest BCUT2D eigenvalue weighted by Crippen LogP contribution is -2.26. The number of benzene rings is 3. The Balaban J connectivity index is 2.23. The van der Waals surface area contributed by atoms with Crippen LogP contribution in [0.3, 0.4) is 0 Å². The van der Waals surface area contributed by atoms with Gasteiger partial charge in [-0.15, -0.1) is 0 Å². The van der Waals surface area contributed by atoms with Crippen molar-refractivity contribution < 1.29 is 68.0 Å². The fourth-order valence-electron chi connectivity index (χ4n) is 4.11. The summed E-state index contributed by atoms with van der Waals surface area (Å²) in [6, 6.07) is 15.6. The van der Waals surface area contributed by atoms with E-state index >= 15 is 0 Å². The summed E-state index contributed by atoms with van der Waals surface area (Å²) in [7, 11) is -9.08. The molecule has 0 heterocycles. The summed E-state index contributed by atoms with van der Waals surface area (Å²) in [5.74, 6) is -2.43. The molecule has 0 amide bonds. The summed E-state index contributed by atoms with van der Waals surface area (Å²) in [6.07, 6.45) is -8.29. The Kier molecular flexibility index (Phi) is 12.6. The second kappa shape index (κ2) is 15.6. The molecule has 0 radical (unpaired) electrons. The Labute approximate surface area is 302 Å². The Morgan fingerprint density at radius 3 is 0.962 bits per heavy atom. The number of hydrogen-bond donors (Lipinski definition) is 0. The molecule has 0 bridgehead atoms. The Bertz CT molecular complexity index is 1640.